The predicted octanol–water partition coefficient (Wildman–Crippen LogP) is 5.83. The maximum Gasteiger partial charge on any atom is 0.328 e. The zero-order chi connectivity index (χ0) is 45.6. The number of hydrogen-bond acceptors (Lipinski definition) is 11. The van der Waals surface area contributed by atoms with Gasteiger partial charge in [0.1, 0.15) is 0 Å². The van der Waals surface area contributed by atoms with Crippen LogP contribution in [0.4, 0.5) is 36.5 Å². The van der Waals surface area contributed by atoms with E-state index < -0.39 is 35.7 Å². The maximum atomic E-state index is 16.1. The summed E-state index contributed by atoms with van der Waals surface area (Å²) in [7, 11) is 1.82. The lowest BCUT2D eigenvalue weighted by molar-refractivity contribution is -0.220. The number of benzene rings is 2. The number of nitrogens with one attached hydrogen (secondary N) is 3. The molecule has 5 aromatic rings. The van der Waals surface area contributed by atoms with Gasteiger partial charge in [-0.05, 0) is 79.5 Å². The summed E-state index contributed by atoms with van der Waals surface area (Å²) in [5.74, 6) is -3.15. The highest BCUT2D eigenvalue weighted by Gasteiger charge is 2.63. The third-order valence-electron chi connectivity index (χ3n) is 14.5. The molecule has 1 saturated carbocycles. The molecule has 1 spiro atoms. The van der Waals surface area contributed by atoms with E-state index in [1.165, 1.54) is 15.9 Å². The van der Waals surface area contributed by atoms with Crippen LogP contribution in [0.1, 0.15) is 63.2 Å². The zero-order valence-electron chi connectivity index (χ0n) is 36.5. The number of alkyl halides is 2. The molecule has 5 aliphatic heterocycles. The molecule has 4 saturated heterocycles. The SMILES string of the molecule is CNc1cc(N2CCc3c(-c4ccc(CN5CC6(CCN(C(=O)c7cc(C)c(Cl)c(N8CCC(=O)NC8=O)c7)CC6(F)F)C5)cn4)cccc32)nn2c(C(=O)N[C@H]3C[C@@H]4CCO[C@@H]43)cnc12. The lowest BCUT2D eigenvalue weighted by Gasteiger charge is -2.57. The van der Waals surface area contributed by atoms with E-state index in [-0.39, 0.29) is 73.3 Å². The molecule has 16 nitrogen and oxygen atoms in total. The number of imidazole rings is 1. The summed E-state index contributed by atoms with van der Waals surface area (Å²) in [6, 6.07) is 14.4. The molecule has 5 fully saturated rings. The normalized spacial score (nSPS) is 23.0. The van der Waals surface area contributed by atoms with Gasteiger partial charge in [0, 0.05) is 88.4 Å². The van der Waals surface area contributed by atoms with Crippen molar-refractivity contribution in [3.05, 3.63) is 93.9 Å². The molecule has 3 N–H and O–H groups in total. The van der Waals surface area contributed by atoms with Gasteiger partial charge in [0.2, 0.25) is 5.91 Å². The van der Waals surface area contributed by atoms with Crippen LogP contribution < -0.4 is 25.8 Å². The lowest BCUT2D eigenvalue weighted by atomic mass is 9.69. The lowest BCUT2D eigenvalue weighted by Crippen LogP contribution is -2.70. The first kappa shape index (κ1) is 42.4. The molecule has 3 atom stereocenters. The quantitative estimate of drug-likeness (QED) is 0.163. The van der Waals surface area contributed by atoms with Gasteiger partial charge < -0.3 is 25.2 Å². The Morgan fingerprint density at radius 1 is 0.985 bits per heavy atom. The van der Waals surface area contributed by atoms with E-state index >= 15 is 8.78 Å². The molecule has 0 bridgehead atoms. The number of rotatable bonds is 9. The molecule has 66 heavy (non-hydrogen) atoms. The van der Waals surface area contributed by atoms with E-state index in [9.17, 15) is 19.2 Å². The fourth-order valence-electron chi connectivity index (χ4n) is 10.8. The number of fused-ring (bicyclic) bond motifs is 3. The highest BCUT2D eigenvalue weighted by Crippen LogP contribution is 2.51. The number of ether oxygens (including phenoxy) is 1. The minimum Gasteiger partial charge on any atom is -0.385 e. The molecule has 342 valence electrons. The van der Waals surface area contributed by atoms with Gasteiger partial charge in [-0.15, -0.1) is 5.10 Å². The van der Waals surface area contributed by atoms with Crippen molar-refractivity contribution >= 4 is 63.9 Å². The van der Waals surface area contributed by atoms with Gasteiger partial charge in [0.15, 0.2) is 17.2 Å². The predicted molar refractivity (Wildman–Crippen MR) is 242 cm³/mol. The third-order valence-corrected chi connectivity index (χ3v) is 15.0. The van der Waals surface area contributed by atoms with Crippen LogP contribution in [0.15, 0.2) is 60.9 Å². The van der Waals surface area contributed by atoms with Crippen molar-refractivity contribution in [3.8, 4) is 11.3 Å². The van der Waals surface area contributed by atoms with Crippen LogP contribution >= 0.6 is 11.6 Å². The number of piperidine rings is 1. The first-order valence-electron chi connectivity index (χ1n) is 22.4. The van der Waals surface area contributed by atoms with Crippen molar-refractivity contribution in [1.29, 1.82) is 0 Å². The van der Waals surface area contributed by atoms with Crippen LogP contribution in [-0.4, -0.2) is 124 Å². The summed E-state index contributed by atoms with van der Waals surface area (Å²) < 4.78 is 39.6. The average molecular weight is 920 g/mol. The summed E-state index contributed by atoms with van der Waals surface area (Å²) >= 11 is 6.52. The Balaban J connectivity index is 0.741. The number of imide groups is 1. The average Bonchev–Trinajstić information content (AvgIpc) is 4.03. The fourth-order valence-corrected chi connectivity index (χ4v) is 11.0. The summed E-state index contributed by atoms with van der Waals surface area (Å²) in [5.41, 5.74) is 6.14. The summed E-state index contributed by atoms with van der Waals surface area (Å²) in [6.45, 7) is 3.46. The van der Waals surface area contributed by atoms with Crippen molar-refractivity contribution in [2.75, 3.05) is 68.0 Å². The smallest absolute Gasteiger partial charge is 0.328 e. The number of aryl methyl sites for hydroxylation is 1. The Hall–Kier alpha value is -6.24. The number of amides is 5. The van der Waals surface area contributed by atoms with E-state index in [2.05, 4.69) is 38.0 Å². The van der Waals surface area contributed by atoms with Gasteiger partial charge in [-0.1, -0.05) is 29.8 Å². The third kappa shape index (κ3) is 7.02. The molecule has 0 radical (unpaired) electrons. The number of anilines is 4. The molecule has 8 heterocycles. The van der Waals surface area contributed by atoms with Crippen LogP contribution in [0, 0.1) is 18.3 Å². The first-order valence-corrected chi connectivity index (χ1v) is 22.8. The second kappa shape index (κ2) is 16.0. The second-order valence-electron chi connectivity index (χ2n) is 18.5. The van der Waals surface area contributed by atoms with Crippen molar-refractivity contribution in [3.63, 3.8) is 0 Å². The molecule has 0 unspecified atom stereocenters. The molecule has 19 heteroatoms. The Morgan fingerprint density at radius 2 is 1.82 bits per heavy atom. The fraction of sp³-hybridized carbons (Fsp3) is 0.426. The number of pyridine rings is 1. The van der Waals surface area contributed by atoms with Crippen LogP contribution in [0.5, 0.6) is 0 Å². The van der Waals surface area contributed by atoms with Crippen molar-refractivity contribution in [2.24, 2.45) is 11.3 Å². The Bertz CT molecular complexity index is 2830. The number of carbonyl (C=O) groups excluding carboxylic acids is 4. The van der Waals surface area contributed by atoms with Gasteiger partial charge in [0.05, 0.1) is 52.4 Å². The first-order chi connectivity index (χ1) is 31.8. The molecule has 2 aromatic carbocycles. The Morgan fingerprint density at radius 3 is 2.58 bits per heavy atom. The van der Waals surface area contributed by atoms with E-state index in [4.69, 9.17) is 26.4 Å². The molecule has 1 aliphatic carbocycles. The van der Waals surface area contributed by atoms with E-state index in [0.717, 1.165) is 59.6 Å². The highest BCUT2D eigenvalue weighted by atomic mass is 35.5. The molecule has 11 rings (SSSR count). The minimum atomic E-state index is -3.13. The topological polar surface area (TPSA) is 170 Å². The number of carbonyl (C=O) groups is 4. The van der Waals surface area contributed by atoms with Gasteiger partial charge in [-0.2, -0.15) is 0 Å². The Kier molecular flexibility index (Phi) is 10.3. The van der Waals surface area contributed by atoms with Crippen molar-refractivity contribution in [1.82, 2.24) is 40.0 Å². The molecular formula is C47H48ClF2N11O5. The molecule has 3 aromatic heterocycles. The van der Waals surface area contributed by atoms with Gasteiger partial charge >= 0.3 is 6.03 Å². The number of nitrogens with zero attached hydrogens (tertiary/aromatic N) is 8. The van der Waals surface area contributed by atoms with Gasteiger partial charge in [-0.25, -0.2) is 23.1 Å². The van der Waals surface area contributed by atoms with Crippen molar-refractivity contribution < 1.29 is 32.7 Å². The van der Waals surface area contributed by atoms with Crippen molar-refractivity contribution in [2.45, 2.75) is 63.6 Å². The van der Waals surface area contributed by atoms with E-state index in [1.807, 2.05) is 42.4 Å². The standard InChI is InChI=1S/C47H48ClF2N11O5/c1-26-16-29(18-36(40(26)48)60-13-9-39(62)55-45(60)65)44(64)58-14-11-46(47(49,50)25-58)23-57(24-46)22-27-6-7-32(52-20-27)30-4-3-5-35-31(30)8-12-59(35)38-19-34(51-2)42-53-21-37(61(42)56-38)43(63)54-33-17-28-10-15-66-41(28)33/h3-7,16,18-21,28,33,41,51H,8-15,17,22-25H2,1-2H3,(H,54,63)(H,55,62,65)/t28-,33-,41-/m0/s1. The maximum absolute atomic E-state index is 16.1. The van der Waals surface area contributed by atoms with Gasteiger partial charge in [0.25, 0.3) is 17.7 Å². The summed E-state index contributed by atoms with van der Waals surface area (Å²) in [5, 5.41) is 13.8. The number of urea groups is 1. The number of likely N-dealkylation sites (tertiary alicyclic amines) is 2. The highest BCUT2D eigenvalue weighted by molar-refractivity contribution is 6.35. The molecule has 5 amide bonds. The second-order valence-corrected chi connectivity index (χ2v) is 18.9. The van der Waals surface area contributed by atoms with Crippen LogP contribution in [-0.2, 0) is 22.5 Å². The van der Waals surface area contributed by atoms with E-state index in [1.54, 1.807) is 23.7 Å². The largest absolute Gasteiger partial charge is 0.385 e. The number of aromatic nitrogens is 4. The summed E-state index contributed by atoms with van der Waals surface area (Å²) in [6.07, 6.45) is 6.36. The van der Waals surface area contributed by atoms with Crippen LogP contribution in [0.2, 0.25) is 5.02 Å². The number of halogens is 3. The Labute approximate surface area is 383 Å². The summed E-state index contributed by atoms with van der Waals surface area (Å²) in [4.78, 5) is 67.5. The van der Waals surface area contributed by atoms with Crippen LogP contribution in [0.3, 0.4) is 0 Å². The number of hydrogen-bond donors (Lipinski definition) is 3. The monoisotopic (exact) mass is 919 g/mol. The zero-order valence-corrected chi connectivity index (χ0v) is 37.2. The van der Waals surface area contributed by atoms with Gasteiger partial charge in [-0.3, -0.25) is 34.5 Å². The minimum absolute atomic E-state index is 0.0164. The van der Waals surface area contributed by atoms with Crippen LogP contribution in [0.25, 0.3) is 16.9 Å². The van der Waals surface area contributed by atoms with E-state index in [0.29, 0.717) is 41.7 Å². The molecular weight excluding hydrogens is 872 g/mol. The molecule has 6 aliphatic rings.